The summed E-state index contributed by atoms with van der Waals surface area (Å²) in [5.41, 5.74) is 7.38. The van der Waals surface area contributed by atoms with Gasteiger partial charge in [0.15, 0.2) is 0 Å². The number of aromatic nitrogens is 2. The SMILES string of the molecule is Cc1nc(C2CC2)nc2sc(C(=O)N3C[C@H](C(N)=O)CC[C@H]3C)c(C)c12. The van der Waals surface area contributed by atoms with Crippen LogP contribution in [0.2, 0.25) is 0 Å². The van der Waals surface area contributed by atoms with Crippen LogP contribution >= 0.6 is 11.3 Å². The lowest BCUT2D eigenvalue weighted by Crippen LogP contribution is -2.48. The second-order valence-electron chi connectivity index (χ2n) is 7.66. The molecule has 138 valence electrons. The van der Waals surface area contributed by atoms with Gasteiger partial charge in [0.05, 0.1) is 16.5 Å². The minimum absolute atomic E-state index is 0.0173. The van der Waals surface area contributed by atoms with Gasteiger partial charge in [0.2, 0.25) is 5.91 Å². The number of carbonyl (C=O) groups excluding carboxylic acids is 2. The maximum Gasteiger partial charge on any atom is 0.264 e. The van der Waals surface area contributed by atoms with E-state index >= 15 is 0 Å². The van der Waals surface area contributed by atoms with Crippen molar-refractivity contribution in [2.24, 2.45) is 11.7 Å². The Morgan fingerprint density at radius 2 is 1.88 bits per heavy atom. The third-order valence-electron chi connectivity index (χ3n) is 5.67. The predicted octanol–water partition coefficient (Wildman–Crippen LogP) is 2.91. The average Bonchev–Trinajstić information content (AvgIpc) is 3.38. The fourth-order valence-electron chi connectivity index (χ4n) is 3.84. The summed E-state index contributed by atoms with van der Waals surface area (Å²) in [4.78, 5) is 37.7. The van der Waals surface area contributed by atoms with E-state index in [9.17, 15) is 9.59 Å². The van der Waals surface area contributed by atoms with Crippen LogP contribution < -0.4 is 5.73 Å². The zero-order chi connectivity index (χ0) is 18.6. The number of nitrogens with two attached hydrogens (primary N) is 1. The zero-order valence-corrected chi connectivity index (χ0v) is 16.2. The molecular weight excluding hydrogens is 348 g/mol. The van der Waals surface area contributed by atoms with Crippen molar-refractivity contribution < 1.29 is 9.59 Å². The first-order chi connectivity index (χ1) is 12.4. The smallest absolute Gasteiger partial charge is 0.264 e. The monoisotopic (exact) mass is 372 g/mol. The number of thiophene rings is 1. The quantitative estimate of drug-likeness (QED) is 0.897. The Kier molecular flexibility index (Phi) is 4.22. The molecule has 0 bridgehead atoms. The Morgan fingerprint density at radius 1 is 1.15 bits per heavy atom. The van der Waals surface area contributed by atoms with Gasteiger partial charge in [0.1, 0.15) is 10.7 Å². The first-order valence-electron chi connectivity index (χ1n) is 9.24. The Labute approximate surface area is 156 Å². The van der Waals surface area contributed by atoms with Crippen molar-refractivity contribution in [2.75, 3.05) is 6.54 Å². The number of fused-ring (bicyclic) bond motifs is 1. The number of likely N-dealkylation sites (tertiary alicyclic amines) is 1. The van der Waals surface area contributed by atoms with Gasteiger partial charge in [-0.3, -0.25) is 9.59 Å². The molecule has 0 radical (unpaired) electrons. The van der Waals surface area contributed by atoms with Crippen molar-refractivity contribution in [3.05, 3.63) is 22.0 Å². The summed E-state index contributed by atoms with van der Waals surface area (Å²) in [7, 11) is 0. The normalized spacial score (nSPS) is 23.4. The second-order valence-corrected chi connectivity index (χ2v) is 8.66. The van der Waals surface area contributed by atoms with E-state index < -0.39 is 0 Å². The molecular formula is C19H24N4O2S. The molecule has 2 amide bonds. The van der Waals surface area contributed by atoms with Crippen LogP contribution in [0.25, 0.3) is 10.2 Å². The van der Waals surface area contributed by atoms with Gasteiger partial charge in [-0.05, 0) is 52.0 Å². The van der Waals surface area contributed by atoms with E-state index in [1.165, 1.54) is 11.3 Å². The largest absolute Gasteiger partial charge is 0.369 e. The van der Waals surface area contributed by atoms with Crippen LogP contribution in [-0.2, 0) is 4.79 Å². The van der Waals surface area contributed by atoms with Gasteiger partial charge in [-0.15, -0.1) is 11.3 Å². The summed E-state index contributed by atoms with van der Waals surface area (Å²) in [6, 6.07) is 0.108. The number of aryl methyl sites for hydroxylation is 2. The number of piperidine rings is 1. The number of amides is 2. The number of hydrogen-bond donors (Lipinski definition) is 1. The second kappa shape index (κ2) is 6.30. The third kappa shape index (κ3) is 2.88. The van der Waals surface area contributed by atoms with Crippen molar-refractivity contribution in [1.82, 2.24) is 14.9 Å². The summed E-state index contributed by atoms with van der Waals surface area (Å²) in [5, 5.41) is 0.999. The van der Waals surface area contributed by atoms with E-state index in [-0.39, 0.29) is 23.8 Å². The van der Waals surface area contributed by atoms with Crippen LogP contribution in [0.5, 0.6) is 0 Å². The first kappa shape index (κ1) is 17.4. The predicted molar refractivity (Wildman–Crippen MR) is 101 cm³/mol. The minimum atomic E-state index is -0.321. The molecule has 2 aromatic heterocycles. The molecule has 0 spiro atoms. The number of carbonyl (C=O) groups is 2. The first-order valence-corrected chi connectivity index (χ1v) is 10.1. The van der Waals surface area contributed by atoms with Crippen molar-refractivity contribution in [2.45, 2.75) is 58.4 Å². The fourth-order valence-corrected chi connectivity index (χ4v) is 5.04. The Balaban J connectivity index is 1.71. The molecule has 0 unspecified atom stereocenters. The lowest BCUT2D eigenvalue weighted by Gasteiger charge is -2.36. The van der Waals surface area contributed by atoms with Gasteiger partial charge in [-0.1, -0.05) is 0 Å². The lowest BCUT2D eigenvalue weighted by atomic mass is 9.92. The Hall–Kier alpha value is -2.02. The number of primary amides is 1. The fraction of sp³-hybridized carbons (Fsp3) is 0.579. The summed E-state index contributed by atoms with van der Waals surface area (Å²) in [6.07, 6.45) is 3.86. The number of rotatable bonds is 3. The Bertz CT molecular complexity index is 903. The van der Waals surface area contributed by atoms with E-state index in [2.05, 4.69) is 4.98 Å². The van der Waals surface area contributed by atoms with Crippen molar-refractivity contribution in [3.8, 4) is 0 Å². The highest BCUT2D eigenvalue weighted by Gasteiger charge is 2.34. The van der Waals surface area contributed by atoms with Crippen LogP contribution in [-0.4, -0.2) is 39.3 Å². The van der Waals surface area contributed by atoms with Crippen molar-refractivity contribution >= 4 is 33.4 Å². The molecule has 6 nitrogen and oxygen atoms in total. The highest BCUT2D eigenvalue weighted by molar-refractivity contribution is 7.20. The molecule has 1 aliphatic carbocycles. The third-order valence-corrected chi connectivity index (χ3v) is 6.84. The van der Waals surface area contributed by atoms with Crippen LogP contribution in [0.1, 0.15) is 65.3 Å². The van der Waals surface area contributed by atoms with Gasteiger partial charge in [0.25, 0.3) is 5.91 Å². The molecule has 2 atom stereocenters. The molecule has 3 heterocycles. The number of nitrogens with zero attached hydrogens (tertiary/aromatic N) is 3. The van der Waals surface area contributed by atoms with E-state index in [1.54, 1.807) is 4.90 Å². The van der Waals surface area contributed by atoms with Gasteiger partial charge >= 0.3 is 0 Å². The van der Waals surface area contributed by atoms with Crippen molar-refractivity contribution in [3.63, 3.8) is 0 Å². The maximum absolute atomic E-state index is 13.2. The molecule has 7 heteroatoms. The summed E-state index contributed by atoms with van der Waals surface area (Å²) < 4.78 is 0. The molecule has 1 saturated heterocycles. The number of hydrogen-bond acceptors (Lipinski definition) is 5. The van der Waals surface area contributed by atoms with E-state index in [0.717, 1.165) is 53.0 Å². The van der Waals surface area contributed by atoms with E-state index in [4.69, 9.17) is 10.7 Å². The van der Waals surface area contributed by atoms with E-state index in [1.807, 2.05) is 20.8 Å². The molecule has 1 aliphatic heterocycles. The highest BCUT2D eigenvalue weighted by Crippen LogP contribution is 2.40. The topological polar surface area (TPSA) is 89.2 Å². The minimum Gasteiger partial charge on any atom is -0.369 e. The maximum atomic E-state index is 13.2. The highest BCUT2D eigenvalue weighted by atomic mass is 32.1. The molecule has 2 N–H and O–H groups in total. The molecule has 26 heavy (non-hydrogen) atoms. The average molecular weight is 372 g/mol. The lowest BCUT2D eigenvalue weighted by molar-refractivity contribution is -0.123. The standard InChI is InChI=1S/C19H24N4O2S/c1-9-4-5-13(16(20)24)8-23(9)19(25)15-10(2)14-11(3)21-17(12-6-7-12)22-18(14)26-15/h9,12-13H,4-8H2,1-3H3,(H2,20,24)/t9-,13-/m1/s1. The van der Waals surface area contributed by atoms with Crippen LogP contribution in [0.3, 0.4) is 0 Å². The van der Waals surface area contributed by atoms with E-state index in [0.29, 0.717) is 17.3 Å². The van der Waals surface area contributed by atoms with Crippen LogP contribution in [0.4, 0.5) is 0 Å². The van der Waals surface area contributed by atoms with Crippen LogP contribution in [0, 0.1) is 19.8 Å². The van der Waals surface area contributed by atoms with Crippen molar-refractivity contribution in [1.29, 1.82) is 0 Å². The summed E-state index contributed by atoms with van der Waals surface area (Å²) in [6.45, 7) is 6.41. The zero-order valence-electron chi connectivity index (χ0n) is 15.4. The van der Waals surface area contributed by atoms with Gasteiger partial charge in [-0.2, -0.15) is 0 Å². The van der Waals surface area contributed by atoms with Gasteiger partial charge in [-0.25, -0.2) is 9.97 Å². The Morgan fingerprint density at radius 3 is 2.54 bits per heavy atom. The summed E-state index contributed by atoms with van der Waals surface area (Å²) in [5.74, 6) is 0.802. The molecule has 0 aromatic carbocycles. The van der Waals surface area contributed by atoms with Crippen LogP contribution in [0.15, 0.2) is 0 Å². The van der Waals surface area contributed by atoms with Gasteiger partial charge < -0.3 is 10.6 Å². The molecule has 4 rings (SSSR count). The van der Waals surface area contributed by atoms with Gasteiger partial charge in [0, 0.05) is 23.9 Å². The molecule has 2 fully saturated rings. The molecule has 2 aliphatic rings. The molecule has 2 aromatic rings. The molecule has 1 saturated carbocycles. The summed E-state index contributed by atoms with van der Waals surface area (Å²) >= 11 is 1.45.